The van der Waals surface area contributed by atoms with Crippen molar-refractivity contribution in [3.05, 3.63) is 59.9 Å². The molecule has 0 aliphatic carbocycles. The fourth-order valence-corrected chi connectivity index (χ4v) is 2.60. The van der Waals surface area contributed by atoms with E-state index in [0.717, 1.165) is 5.56 Å². The van der Waals surface area contributed by atoms with Gasteiger partial charge in [0.15, 0.2) is 0 Å². The maximum Gasteiger partial charge on any atom is 0.338 e. The third kappa shape index (κ3) is 5.90. The highest BCUT2D eigenvalue weighted by Gasteiger charge is 2.19. The van der Waals surface area contributed by atoms with Gasteiger partial charge < -0.3 is 14.5 Å². The second-order valence-electron chi connectivity index (χ2n) is 6.29. The lowest BCUT2D eigenvalue weighted by Crippen LogP contribution is -2.41. The zero-order valence-corrected chi connectivity index (χ0v) is 16.4. The highest BCUT2D eigenvalue weighted by Crippen LogP contribution is 2.16. The molecule has 0 atom stereocenters. The molecule has 0 saturated heterocycles. The number of carbonyl (C=O) groups is 3. The number of anilines is 1. The van der Waals surface area contributed by atoms with E-state index in [1.165, 1.54) is 11.8 Å². The van der Waals surface area contributed by atoms with E-state index in [4.69, 9.17) is 4.74 Å². The maximum absolute atomic E-state index is 12.6. The van der Waals surface area contributed by atoms with E-state index in [9.17, 15) is 14.4 Å². The Morgan fingerprint density at radius 2 is 1.68 bits per heavy atom. The number of esters is 1. The molecule has 2 rings (SSSR count). The summed E-state index contributed by atoms with van der Waals surface area (Å²) >= 11 is 0. The van der Waals surface area contributed by atoms with Crippen molar-refractivity contribution in [2.24, 2.45) is 0 Å². The van der Waals surface area contributed by atoms with Crippen LogP contribution in [0, 0.1) is 0 Å². The lowest BCUT2D eigenvalue weighted by atomic mass is 10.2. The molecule has 7 heteroatoms. The predicted octanol–water partition coefficient (Wildman–Crippen LogP) is 2.31. The molecule has 1 aromatic carbocycles. The Kier molecular flexibility index (Phi) is 7.68. The molecule has 0 saturated carbocycles. The molecule has 0 spiro atoms. The zero-order chi connectivity index (χ0) is 20.5. The SMILES string of the molecule is CCOC(=O)c1ccc(N(CC(=O)N(C)CCc2ccncc2)C(C)=O)cc1. The number of likely N-dealkylation sites (N-methyl/N-ethyl adjacent to an activating group) is 1. The molecule has 0 radical (unpaired) electrons. The van der Waals surface area contributed by atoms with Crippen molar-refractivity contribution in [3.8, 4) is 0 Å². The summed E-state index contributed by atoms with van der Waals surface area (Å²) in [4.78, 5) is 43.3. The number of rotatable bonds is 8. The first-order valence-electron chi connectivity index (χ1n) is 9.10. The van der Waals surface area contributed by atoms with Crippen LogP contribution in [0.1, 0.15) is 29.8 Å². The Balaban J connectivity index is 2.00. The van der Waals surface area contributed by atoms with Gasteiger partial charge in [-0.1, -0.05) is 0 Å². The van der Waals surface area contributed by atoms with E-state index in [-0.39, 0.29) is 18.4 Å². The van der Waals surface area contributed by atoms with Gasteiger partial charge in [-0.2, -0.15) is 0 Å². The summed E-state index contributed by atoms with van der Waals surface area (Å²) in [5.41, 5.74) is 2.04. The molecular formula is C21H25N3O4. The molecule has 0 fully saturated rings. The number of hydrogen-bond acceptors (Lipinski definition) is 5. The second kappa shape index (κ2) is 10.2. The largest absolute Gasteiger partial charge is 0.462 e. The van der Waals surface area contributed by atoms with Crippen molar-refractivity contribution >= 4 is 23.5 Å². The molecule has 0 bridgehead atoms. The van der Waals surface area contributed by atoms with Crippen molar-refractivity contribution < 1.29 is 19.1 Å². The van der Waals surface area contributed by atoms with E-state index in [2.05, 4.69) is 4.98 Å². The minimum atomic E-state index is -0.421. The van der Waals surface area contributed by atoms with Crippen LogP contribution in [0.4, 0.5) is 5.69 Å². The molecule has 148 valence electrons. The third-order valence-electron chi connectivity index (χ3n) is 4.27. The van der Waals surface area contributed by atoms with Crippen LogP contribution in [0.15, 0.2) is 48.8 Å². The van der Waals surface area contributed by atoms with Gasteiger partial charge >= 0.3 is 5.97 Å². The van der Waals surface area contributed by atoms with Gasteiger partial charge in [-0.25, -0.2) is 4.79 Å². The van der Waals surface area contributed by atoms with Gasteiger partial charge in [-0.05, 0) is 55.3 Å². The van der Waals surface area contributed by atoms with Crippen LogP contribution >= 0.6 is 0 Å². The molecule has 0 aliphatic rings. The number of nitrogens with zero attached hydrogens (tertiary/aromatic N) is 3. The molecule has 1 heterocycles. The Hall–Kier alpha value is -3.22. The summed E-state index contributed by atoms with van der Waals surface area (Å²) in [6, 6.07) is 10.3. The van der Waals surface area contributed by atoms with Crippen LogP contribution in [0.5, 0.6) is 0 Å². The first-order valence-corrected chi connectivity index (χ1v) is 9.10. The third-order valence-corrected chi connectivity index (χ3v) is 4.27. The van der Waals surface area contributed by atoms with Gasteiger partial charge in [-0.15, -0.1) is 0 Å². The van der Waals surface area contributed by atoms with Gasteiger partial charge in [-0.3, -0.25) is 14.6 Å². The average Bonchev–Trinajstić information content (AvgIpc) is 2.71. The van der Waals surface area contributed by atoms with Crippen LogP contribution in [0.3, 0.4) is 0 Å². The molecule has 2 amide bonds. The minimum absolute atomic E-state index is 0.0685. The molecule has 28 heavy (non-hydrogen) atoms. The van der Waals surface area contributed by atoms with Crippen molar-refractivity contribution in [3.63, 3.8) is 0 Å². The first-order chi connectivity index (χ1) is 13.4. The lowest BCUT2D eigenvalue weighted by Gasteiger charge is -2.24. The number of benzene rings is 1. The number of amides is 2. The summed E-state index contributed by atoms with van der Waals surface area (Å²) in [7, 11) is 1.71. The fraction of sp³-hybridized carbons (Fsp3) is 0.333. The summed E-state index contributed by atoms with van der Waals surface area (Å²) in [5, 5.41) is 0. The molecule has 0 unspecified atom stereocenters. The molecule has 1 aromatic heterocycles. The minimum Gasteiger partial charge on any atom is -0.462 e. The number of ether oxygens (including phenoxy) is 1. The van der Waals surface area contributed by atoms with Crippen LogP contribution < -0.4 is 4.90 Å². The first kappa shape index (κ1) is 21.1. The van der Waals surface area contributed by atoms with Crippen molar-refractivity contribution in [2.75, 3.05) is 31.6 Å². The van der Waals surface area contributed by atoms with Crippen molar-refractivity contribution in [1.82, 2.24) is 9.88 Å². The Bertz CT molecular complexity index is 806. The van der Waals surface area contributed by atoms with Crippen LogP contribution in [-0.4, -0.2) is 54.4 Å². The standard InChI is InChI=1S/C21H25N3O4/c1-4-28-21(27)18-5-7-19(8-6-18)24(16(2)25)15-20(26)23(3)14-11-17-9-12-22-13-10-17/h5-10,12-13H,4,11,14-15H2,1-3H3. The van der Waals surface area contributed by atoms with Crippen LogP contribution in [-0.2, 0) is 20.7 Å². The van der Waals surface area contributed by atoms with Crippen LogP contribution in [0.25, 0.3) is 0 Å². The van der Waals surface area contributed by atoms with Crippen molar-refractivity contribution in [2.45, 2.75) is 20.3 Å². The van der Waals surface area contributed by atoms with Crippen molar-refractivity contribution in [1.29, 1.82) is 0 Å². The smallest absolute Gasteiger partial charge is 0.338 e. The van der Waals surface area contributed by atoms with E-state index in [1.54, 1.807) is 55.5 Å². The second-order valence-corrected chi connectivity index (χ2v) is 6.29. The van der Waals surface area contributed by atoms with Gasteiger partial charge in [0.2, 0.25) is 11.8 Å². The quantitative estimate of drug-likeness (QED) is 0.654. The monoisotopic (exact) mass is 383 g/mol. The average molecular weight is 383 g/mol. The Morgan fingerprint density at radius 3 is 2.25 bits per heavy atom. The summed E-state index contributed by atoms with van der Waals surface area (Å²) < 4.78 is 4.95. The highest BCUT2D eigenvalue weighted by atomic mass is 16.5. The molecular weight excluding hydrogens is 358 g/mol. The van der Waals surface area contributed by atoms with E-state index < -0.39 is 5.97 Å². The molecule has 7 nitrogen and oxygen atoms in total. The summed E-state index contributed by atoms with van der Waals surface area (Å²) in [6.45, 7) is 3.90. The Morgan fingerprint density at radius 1 is 1.04 bits per heavy atom. The topological polar surface area (TPSA) is 79.8 Å². The van der Waals surface area contributed by atoms with Gasteiger partial charge in [0, 0.05) is 38.6 Å². The molecule has 2 aromatic rings. The number of hydrogen-bond donors (Lipinski definition) is 0. The number of pyridine rings is 1. The summed E-state index contributed by atoms with van der Waals surface area (Å²) in [6.07, 6.45) is 4.14. The lowest BCUT2D eigenvalue weighted by molar-refractivity contribution is -0.130. The van der Waals surface area contributed by atoms with E-state index in [0.29, 0.717) is 30.8 Å². The van der Waals surface area contributed by atoms with Crippen LogP contribution in [0.2, 0.25) is 0 Å². The van der Waals surface area contributed by atoms with E-state index in [1.807, 2.05) is 12.1 Å². The van der Waals surface area contributed by atoms with Gasteiger partial charge in [0.1, 0.15) is 6.54 Å². The zero-order valence-electron chi connectivity index (χ0n) is 16.4. The highest BCUT2D eigenvalue weighted by molar-refractivity contribution is 5.98. The Labute approximate surface area is 164 Å². The number of aromatic nitrogens is 1. The molecule has 0 N–H and O–H groups in total. The van der Waals surface area contributed by atoms with E-state index >= 15 is 0 Å². The predicted molar refractivity (Wildman–Crippen MR) is 106 cm³/mol. The fourth-order valence-electron chi connectivity index (χ4n) is 2.60. The summed E-state index contributed by atoms with van der Waals surface area (Å²) in [5.74, 6) is -0.839. The van der Waals surface area contributed by atoms with Gasteiger partial charge in [0.25, 0.3) is 0 Å². The normalized spacial score (nSPS) is 10.2. The molecule has 0 aliphatic heterocycles. The van der Waals surface area contributed by atoms with Gasteiger partial charge in [0.05, 0.1) is 12.2 Å². The number of carbonyl (C=O) groups excluding carboxylic acids is 3. The maximum atomic E-state index is 12.6.